The molecule has 3 saturated heterocycles. The number of amides is 1. The molecular formula is C22H30N4O2. The number of nitrogens with zero attached hydrogens (tertiary/aromatic N) is 4. The Bertz CT molecular complexity index is 786. The van der Waals surface area contributed by atoms with Crippen LogP contribution in [-0.4, -0.2) is 54.7 Å². The molecule has 1 aromatic rings. The van der Waals surface area contributed by atoms with E-state index in [9.17, 15) is 10.1 Å². The number of hydrogen-bond donors (Lipinski definition) is 0. The molecular weight excluding hydrogens is 352 g/mol. The zero-order valence-electron chi connectivity index (χ0n) is 17.0. The highest BCUT2D eigenvalue weighted by atomic mass is 16.5. The maximum Gasteiger partial charge on any atom is 0.222 e. The Kier molecular flexibility index (Phi) is 5.29. The molecule has 0 saturated carbocycles. The molecule has 4 rings (SSSR count). The van der Waals surface area contributed by atoms with Crippen LogP contribution in [0.15, 0.2) is 6.07 Å². The standard InChI is InChI=1S/C22H30N4O2/c1-16-12-17(2)24-21(19(16)13-23)25-9-7-22(8-10-25)6-5-20(27)26(15-22)14-18-4-3-11-28-18/h12,18H,3-11,14-15H2,1-2H3/t18-/m0/s1. The van der Waals surface area contributed by atoms with E-state index in [2.05, 4.69) is 20.9 Å². The van der Waals surface area contributed by atoms with E-state index in [4.69, 9.17) is 4.74 Å². The van der Waals surface area contributed by atoms with E-state index in [1.54, 1.807) is 0 Å². The van der Waals surface area contributed by atoms with Gasteiger partial charge in [-0.3, -0.25) is 4.79 Å². The van der Waals surface area contributed by atoms with Crippen LogP contribution in [0.2, 0.25) is 0 Å². The van der Waals surface area contributed by atoms with Crippen LogP contribution in [0, 0.1) is 30.6 Å². The summed E-state index contributed by atoms with van der Waals surface area (Å²) in [5.41, 5.74) is 2.85. The Labute approximate surface area is 167 Å². The lowest BCUT2D eigenvalue weighted by molar-refractivity contribution is -0.140. The van der Waals surface area contributed by atoms with Gasteiger partial charge in [-0.1, -0.05) is 0 Å². The number of aryl methyl sites for hydroxylation is 2. The van der Waals surface area contributed by atoms with Gasteiger partial charge < -0.3 is 14.5 Å². The number of nitriles is 1. The SMILES string of the molecule is Cc1cc(C)c(C#N)c(N2CCC3(CCC(=O)N(C[C@@H]4CCCO4)C3)CC2)n1. The maximum atomic E-state index is 12.5. The van der Waals surface area contributed by atoms with Crippen molar-refractivity contribution in [2.75, 3.05) is 37.7 Å². The first-order valence-corrected chi connectivity index (χ1v) is 10.5. The van der Waals surface area contributed by atoms with Crippen molar-refractivity contribution in [2.45, 2.75) is 58.5 Å². The summed E-state index contributed by atoms with van der Waals surface area (Å²) in [7, 11) is 0. The van der Waals surface area contributed by atoms with Crippen molar-refractivity contribution in [3.05, 3.63) is 22.9 Å². The Morgan fingerprint density at radius 1 is 1.32 bits per heavy atom. The van der Waals surface area contributed by atoms with Gasteiger partial charge in [0.15, 0.2) is 0 Å². The Hall–Kier alpha value is -2.13. The molecule has 6 nitrogen and oxygen atoms in total. The number of likely N-dealkylation sites (tertiary alicyclic amines) is 1. The monoisotopic (exact) mass is 382 g/mol. The third-order valence-electron chi connectivity index (χ3n) is 6.76. The third-order valence-corrected chi connectivity index (χ3v) is 6.76. The second kappa shape index (κ2) is 7.71. The molecule has 1 spiro atoms. The van der Waals surface area contributed by atoms with Crippen molar-refractivity contribution >= 4 is 11.7 Å². The van der Waals surface area contributed by atoms with Crippen LogP contribution in [0.1, 0.15) is 55.3 Å². The molecule has 3 fully saturated rings. The molecule has 1 amide bonds. The number of hydrogen-bond acceptors (Lipinski definition) is 5. The van der Waals surface area contributed by atoms with Crippen molar-refractivity contribution in [3.63, 3.8) is 0 Å². The van der Waals surface area contributed by atoms with Crippen LogP contribution < -0.4 is 4.90 Å². The van der Waals surface area contributed by atoms with Crippen molar-refractivity contribution in [1.29, 1.82) is 5.26 Å². The minimum Gasteiger partial charge on any atom is -0.376 e. The number of carbonyl (C=O) groups excluding carboxylic acids is 1. The average Bonchev–Trinajstić information content (AvgIpc) is 3.18. The predicted octanol–water partition coefficient (Wildman–Crippen LogP) is 2.96. The van der Waals surface area contributed by atoms with Gasteiger partial charge in [-0.05, 0) is 63.0 Å². The molecule has 0 bridgehead atoms. The van der Waals surface area contributed by atoms with Crippen LogP contribution >= 0.6 is 0 Å². The van der Waals surface area contributed by atoms with Crippen LogP contribution in [0.3, 0.4) is 0 Å². The summed E-state index contributed by atoms with van der Waals surface area (Å²) in [4.78, 5) is 21.5. The Morgan fingerprint density at radius 3 is 2.79 bits per heavy atom. The zero-order valence-corrected chi connectivity index (χ0v) is 17.0. The number of rotatable bonds is 3. The van der Waals surface area contributed by atoms with E-state index in [1.165, 1.54) is 0 Å². The highest BCUT2D eigenvalue weighted by Gasteiger charge is 2.42. The summed E-state index contributed by atoms with van der Waals surface area (Å²) in [6.07, 6.45) is 6.11. The van der Waals surface area contributed by atoms with Gasteiger partial charge in [0.25, 0.3) is 0 Å². The number of carbonyl (C=O) groups is 1. The van der Waals surface area contributed by atoms with Gasteiger partial charge >= 0.3 is 0 Å². The van der Waals surface area contributed by atoms with Crippen molar-refractivity contribution < 1.29 is 9.53 Å². The molecule has 0 N–H and O–H groups in total. The topological polar surface area (TPSA) is 69.5 Å². The molecule has 3 aliphatic heterocycles. The lowest BCUT2D eigenvalue weighted by Crippen LogP contribution is -2.53. The minimum atomic E-state index is 0.203. The first-order valence-electron chi connectivity index (χ1n) is 10.5. The van der Waals surface area contributed by atoms with Gasteiger partial charge in [0.2, 0.25) is 5.91 Å². The number of aromatic nitrogens is 1. The second-order valence-electron chi connectivity index (χ2n) is 8.79. The fourth-order valence-corrected chi connectivity index (χ4v) is 5.09. The van der Waals surface area contributed by atoms with Crippen molar-refractivity contribution in [1.82, 2.24) is 9.88 Å². The van der Waals surface area contributed by atoms with E-state index in [-0.39, 0.29) is 17.4 Å². The quantitative estimate of drug-likeness (QED) is 0.804. The Balaban J connectivity index is 1.45. The summed E-state index contributed by atoms with van der Waals surface area (Å²) in [5, 5.41) is 9.59. The summed E-state index contributed by atoms with van der Waals surface area (Å²) in [6, 6.07) is 4.32. The van der Waals surface area contributed by atoms with Gasteiger partial charge in [-0.25, -0.2) is 4.98 Å². The molecule has 1 atom stereocenters. The van der Waals surface area contributed by atoms with E-state index in [0.717, 1.165) is 82.0 Å². The van der Waals surface area contributed by atoms with Crippen molar-refractivity contribution in [3.8, 4) is 6.07 Å². The largest absolute Gasteiger partial charge is 0.376 e. The fourth-order valence-electron chi connectivity index (χ4n) is 5.09. The fraction of sp³-hybridized carbons (Fsp3) is 0.682. The molecule has 28 heavy (non-hydrogen) atoms. The molecule has 0 aliphatic carbocycles. The van der Waals surface area contributed by atoms with Gasteiger partial charge in [-0.2, -0.15) is 5.26 Å². The smallest absolute Gasteiger partial charge is 0.222 e. The lowest BCUT2D eigenvalue weighted by Gasteiger charge is -2.48. The van der Waals surface area contributed by atoms with E-state index >= 15 is 0 Å². The van der Waals surface area contributed by atoms with E-state index < -0.39 is 0 Å². The molecule has 150 valence electrons. The van der Waals surface area contributed by atoms with E-state index in [0.29, 0.717) is 12.0 Å². The summed E-state index contributed by atoms with van der Waals surface area (Å²) >= 11 is 0. The molecule has 0 radical (unpaired) electrons. The minimum absolute atomic E-state index is 0.203. The zero-order chi connectivity index (χ0) is 19.7. The van der Waals surface area contributed by atoms with Crippen LogP contribution in [-0.2, 0) is 9.53 Å². The average molecular weight is 383 g/mol. The molecule has 3 aliphatic rings. The predicted molar refractivity (Wildman–Crippen MR) is 107 cm³/mol. The summed E-state index contributed by atoms with van der Waals surface area (Å²) in [6.45, 7) is 8.19. The Morgan fingerprint density at radius 2 is 2.11 bits per heavy atom. The van der Waals surface area contributed by atoms with Crippen molar-refractivity contribution in [2.24, 2.45) is 5.41 Å². The number of pyridine rings is 1. The third kappa shape index (κ3) is 3.73. The maximum absolute atomic E-state index is 12.5. The van der Waals surface area contributed by atoms with Gasteiger partial charge in [0, 0.05) is 44.9 Å². The van der Waals surface area contributed by atoms with Gasteiger partial charge in [0.05, 0.1) is 11.7 Å². The molecule has 6 heteroatoms. The van der Waals surface area contributed by atoms with E-state index in [1.807, 2.05) is 19.9 Å². The highest BCUT2D eigenvalue weighted by Crippen LogP contribution is 2.41. The lowest BCUT2D eigenvalue weighted by atomic mass is 9.72. The number of piperidine rings is 2. The first kappa shape index (κ1) is 19.2. The summed E-state index contributed by atoms with van der Waals surface area (Å²) in [5.74, 6) is 1.12. The number of anilines is 1. The molecule has 1 aromatic heterocycles. The highest BCUT2D eigenvalue weighted by molar-refractivity contribution is 5.77. The van der Waals surface area contributed by atoms with Crippen LogP contribution in [0.5, 0.6) is 0 Å². The van der Waals surface area contributed by atoms with Gasteiger partial charge in [-0.15, -0.1) is 0 Å². The normalized spacial score (nSPS) is 24.6. The molecule has 4 heterocycles. The first-order chi connectivity index (χ1) is 13.5. The second-order valence-corrected chi connectivity index (χ2v) is 8.79. The van der Waals surface area contributed by atoms with Crippen LogP contribution in [0.4, 0.5) is 5.82 Å². The van der Waals surface area contributed by atoms with Gasteiger partial charge in [0.1, 0.15) is 11.9 Å². The number of ether oxygens (including phenoxy) is 1. The van der Waals surface area contributed by atoms with Crippen LogP contribution in [0.25, 0.3) is 0 Å². The summed E-state index contributed by atoms with van der Waals surface area (Å²) < 4.78 is 5.76. The molecule has 0 unspecified atom stereocenters. The molecule has 0 aromatic carbocycles.